The van der Waals surface area contributed by atoms with E-state index in [1.807, 2.05) is 0 Å². The molecule has 3 atom stereocenters. The molecule has 8 nitrogen and oxygen atoms in total. The number of carbonyl (C=O) groups excluding carboxylic acids is 3. The van der Waals surface area contributed by atoms with Gasteiger partial charge in [0, 0.05) is 0 Å². The van der Waals surface area contributed by atoms with Gasteiger partial charge in [0.15, 0.2) is 6.61 Å². The second-order valence-electron chi connectivity index (χ2n) is 8.33. The van der Waals surface area contributed by atoms with Crippen molar-refractivity contribution in [3.05, 3.63) is 29.8 Å². The van der Waals surface area contributed by atoms with Crippen molar-refractivity contribution in [1.29, 1.82) is 0 Å². The molecular formula is C21H27NO7S. The lowest BCUT2D eigenvalue weighted by Crippen LogP contribution is -2.38. The molecule has 0 spiro atoms. The quantitative estimate of drug-likeness (QED) is 0.629. The van der Waals surface area contributed by atoms with E-state index in [1.54, 1.807) is 6.07 Å². The molecule has 0 saturated heterocycles. The number of amides is 1. The number of sulfonamides is 1. The van der Waals surface area contributed by atoms with Gasteiger partial charge in [-0.1, -0.05) is 39.3 Å². The lowest BCUT2D eigenvalue weighted by molar-refractivity contribution is -0.167. The molecule has 3 rings (SSSR count). The van der Waals surface area contributed by atoms with Gasteiger partial charge in [-0.05, 0) is 42.7 Å². The molecule has 3 unspecified atom stereocenters. The molecule has 30 heavy (non-hydrogen) atoms. The van der Waals surface area contributed by atoms with Crippen molar-refractivity contribution >= 4 is 27.9 Å². The number of hydrogen-bond acceptors (Lipinski definition) is 7. The molecule has 0 bridgehead atoms. The lowest BCUT2D eigenvalue weighted by Gasteiger charge is -2.36. The summed E-state index contributed by atoms with van der Waals surface area (Å²) in [6.45, 7) is 4.88. The molecule has 1 amide bonds. The van der Waals surface area contributed by atoms with E-state index < -0.39 is 41.0 Å². The number of ether oxygens (including phenoxy) is 2. The highest BCUT2D eigenvalue weighted by Crippen LogP contribution is 2.35. The van der Waals surface area contributed by atoms with Crippen molar-refractivity contribution in [2.75, 3.05) is 13.2 Å². The van der Waals surface area contributed by atoms with E-state index >= 15 is 0 Å². The van der Waals surface area contributed by atoms with Crippen LogP contribution in [0.25, 0.3) is 0 Å². The fourth-order valence-electron chi connectivity index (χ4n) is 4.14. The van der Waals surface area contributed by atoms with Gasteiger partial charge in [-0.3, -0.25) is 9.59 Å². The first-order valence-corrected chi connectivity index (χ1v) is 11.6. The van der Waals surface area contributed by atoms with Crippen molar-refractivity contribution in [2.45, 2.75) is 51.0 Å². The maximum Gasteiger partial charge on any atom is 0.344 e. The molecule has 1 heterocycles. The predicted octanol–water partition coefficient (Wildman–Crippen LogP) is 2.38. The van der Waals surface area contributed by atoms with Gasteiger partial charge in [-0.2, -0.15) is 0 Å². The van der Waals surface area contributed by atoms with Crippen molar-refractivity contribution in [3.8, 4) is 0 Å². The Morgan fingerprint density at radius 2 is 1.87 bits per heavy atom. The fourth-order valence-corrected chi connectivity index (χ4v) is 5.66. The van der Waals surface area contributed by atoms with Crippen LogP contribution in [0.4, 0.5) is 0 Å². The van der Waals surface area contributed by atoms with Gasteiger partial charge in [-0.15, -0.1) is 0 Å². The molecule has 1 aromatic carbocycles. The highest BCUT2D eigenvalue weighted by Gasteiger charge is 2.42. The third-order valence-corrected chi connectivity index (χ3v) is 7.57. The Labute approximate surface area is 176 Å². The summed E-state index contributed by atoms with van der Waals surface area (Å²) < 4.78 is 35.8. The van der Waals surface area contributed by atoms with Crippen LogP contribution < -0.4 is 0 Å². The molecule has 0 radical (unpaired) electrons. The van der Waals surface area contributed by atoms with Crippen LogP contribution >= 0.6 is 0 Å². The highest BCUT2D eigenvalue weighted by atomic mass is 32.2. The molecule has 9 heteroatoms. The van der Waals surface area contributed by atoms with Crippen LogP contribution in [-0.2, 0) is 29.1 Å². The average molecular weight is 438 g/mol. The Morgan fingerprint density at radius 1 is 1.17 bits per heavy atom. The summed E-state index contributed by atoms with van der Waals surface area (Å²) in [5.74, 6) is -1.38. The lowest BCUT2D eigenvalue weighted by atomic mass is 9.75. The number of benzene rings is 1. The molecule has 1 aliphatic heterocycles. The minimum Gasteiger partial charge on any atom is -0.460 e. The number of hydrogen-bond donors (Lipinski definition) is 0. The smallest absolute Gasteiger partial charge is 0.344 e. The molecule has 0 N–H and O–H groups in total. The van der Waals surface area contributed by atoms with Gasteiger partial charge in [0.1, 0.15) is 17.5 Å². The molecule has 1 saturated carbocycles. The topological polar surface area (TPSA) is 107 Å². The van der Waals surface area contributed by atoms with Crippen molar-refractivity contribution < 1.29 is 32.3 Å². The highest BCUT2D eigenvalue weighted by molar-refractivity contribution is 7.90. The number of fused-ring (bicyclic) bond motifs is 1. The zero-order valence-electron chi connectivity index (χ0n) is 17.4. The molecule has 1 fully saturated rings. The van der Waals surface area contributed by atoms with E-state index in [0.717, 1.165) is 19.3 Å². The maximum atomic E-state index is 12.5. The molecule has 1 aliphatic carbocycles. The zero-order valence-corrected chi connectivity index (χ0v) is 18.2. The summed E-state index contributed by atoms with van der Waals surface area (Å²) in [5.41, 5.74) is 0.0101. The minimum absolute atomic E-state index is 0.0101. The number of carbonyl (C=O) groups is 3. The number of rotatable bonds is 6. The Hall–Kier alpha value is -2.42. The largest absolute Gasteiger partial charge is 0.460 e. The summed E-state index contributed by atoms with van der Waals surface area (Å²) in [4.78, 5) is 36.5. The van der Waals surface area contributed by atoms with Crippen LogP contribution in [-0.4, -0.2) is 49.8 Å². The first-order valence-electron chi connectivity index (χ1n) is 10.1. The number of esters is 2. The van der Waals surface area contributed by atoms with Gasteiger partial charge in [0.05, 0.1) is 5.56 Å². The summed E-state index contributed by atoms with van der Waals surface area (Å²) in [6.07, 6.45) is 2.61. The molecule has 2 aliphatic rings. The second kappa shape index (κ2) is 8.75. The zero-order chi connectivity index (χ0) is 22.1. The van der Waals surface area contributed by atoms with Crippen LogP contribution in [0.2, 0.25) is 0 Å². The standard InChI is InChI=1S/C21H27NO7S/c1-13(2)15-9-8-14(3)10-17(15)29-20(24)12-28-19(23)11-22-21(25)16-6-4-5-7-18(16)30(22,26)27/h4-7,13-15,17H,8-12H2,1-3H3. The van der Waals surface area contributed by atoms with Crippen LogP contribution in [0.3, 0.4) is 0 Å². The van der Waals surface area contributed by atoms with Crippen molar-refractivity contribution in [2.24, 2.45) is 17.8 Å². The van der Waals surface area contributed by atoms with E-state index in [-0.39, 0.29) is 22.5 Å². The van der Waals surface area contributed by atoms with Crippen molar-refractivity contribution in [1.82, 2.24) is 4.31 Å². The van der Waals surface area contributed by atoms with Crippen LogP contribution in [0.1, 0.15) is 50.4 Å². The second-order valence-corrected chi connectivity index (χ2v) is 10.2. The van der Waals surface area contributed by atoms with Gasteiger partial charge in [-0.25, -0.2) is 17.5 Å². The summed E-state index contributed by atoms with van der Waals surface area (Å²) in [5, 5.41) is 0. The minimum atomic E-state index is -4.11. The van der Waals surface area contributed by atoms with Gasteiger partial charge in [0.25, 0.3) is 15.9 Å². The SMILES string of the molecule is CC1CCC(C(C)C)C(OC(=O)COC(=O)CN2C(=O)c3ccccc3S2(=O)=O)C1. The van der Waals surface area contributed by atoms with Crippen LogP contribution in [0, 0.1) is 17.8 Å². The first-order chi connectivity index (χ1) is 14.1. The van der Waals surface area contributed by atoms with E-state index in [9.17, 15) is 22.8 Å². The maximum absolute atomic E-state index is 12.5. The van der Waals surface area contributed by atoms with Crippen molar-refractivity contribution in [3.63, 3.8) is 0 Å². The van der Waals surface area contributed by atoms with Crippen LogP contribution in [0.15, 0.2) is 29.2 Å². The van der Waals surface area contributed by atoms with Gasteiger partial charge >= 0.3 is 11.9 Å². The summed E-state index contributed by atoms with van der Waals surface area (Å²) >= 11 is 0. The van der Waals surface area contributed by atoms with Gasteiger partial charge < -0.3 is 9.47 Å². The third-order valence-electron chi connectivity index (χ3n) is 5.78. The molecule has 1 aromatic rings. The fraction of sp³-hybridized carbons (Fsp3) is 0.571. The third kappa shape index (κ3) is 4.50. The Bertz CT molecular complexity index is 940. The summed E-state index contributed by atoms with van der Waals surface area (Å²) in [6, 6.07) is 5.73. The Balaban J connectivity index is 1.55. The summed E-state index contributed by atoms with van der Waals surface area (Å²) in [7, 11) is -4.11. The van der Waals surface area contributed by atoms with Gasteiger partial charge in [0.2, 0.25) is 0 Å². The normalized spacial score (nSPS) is 25.1. The molecular weight excluding hydrogens is 410 g/mol. The van der Waals surface area contributed by atoms with E-state index in [0.29, 0.717) is 16.1 Å². The average Bonchev–Trinajstić information content (AvgIpc) is 2.87. The first kappa shape index (κ1) is 22.3. The van der Waals surface area contributed by atoms with Crippen LogP contribution in [0.5, 0.6) is 0 Å². The molecule has 164 valence electrons. The van der Waals surface area contributed by atoms with E-state index in [4.69, 9.17) is 9.47 Å². The molecule has 0 aromatic heterocycles. The Morgan fingerprint density at radius 3 is 2.53 bits per heavy atom. The predicted molar refractivity (Wildman–Crippen MR) is 107 cm³/mol. The monoisotopic (exact) mass is 437 g/mol. The van der Waals surface area contributed by atoms with E-state index in [1.165, 1.54) is 18.2 Å². The Kier molecular flexibility index (Phi) is 6.50. The van der Waals surface area contributed by atoms with E-state index in [2.05, 4.69) is 20.8 Å². The number of nitrogens with zero attached hydrogens (tertiary/aromatic N) is 1.